The van der Waals surface area contributed by atoms with Gasteiger partial charge in [-0.2, -0.15) is 0 Å². The minimum absolute atomic E-state index is 1.17. The molecule has 1 heteroatoms. The molecular formula is C9H16O. The molecule has 58 valence electrons. The highest BCUT2D eigenvalue weighted by Crippen LogP contribution is 1.94. The Hall–Kier alpha value is -0.720. The summed E-state index contributed by atoms with van der Waals surface area (Å²) in [5.41, 5.74) is 0. The molecule has 0 saturated heterocycles. The largest absolute Gasteiger partial charge is 0.504 e. The number of hydrogen-bond donors (Lipinski definition) is 0. The molecule has 0 spiro atoms. The second-order valence-corrected chi connectivity index (χ2v) is 2.13. The first-order valence-electron chi connectivity index (χ1n) is 3.76. The van der Waals surface area contributed by atoms with E-state index in [2.05, 4.69) is 13.0 Å². The summed E-state index contributed by atoms with van der Waals surface area (Å²) < 4.78 is 4.72. The molecule has 10 heavy (non-hydrogen) atoms. The molecule has 0 atom stereocenters. The first-order valence-corrected chi connectivity index (χ1v) is 3.76. The third-order valence-corrected chi connectivity index (χ3v) is 1.19. The third kappa shape index (κ3) is 7.28. The standard InChI is InChI=1S/C9H16O/c1-3-4-5-6-7-8-9-10-2/h6-9H,3-5H2,1-2H3. The van der Waals surface area contributed by atoms with Gasteiger partial charge in [-0.25, -0.2) is 0 Å². The summed E-state index contributed by atoms with van der Waals surface area (Å²) in [5.74, 6) is 0. The molecule has 0 aliphatic carbocycles. The molecule has 0 fully saturated rings. The molecule has 0 unspecified atom stereocenters. The number of rotatable bonds is 5. The summed E-state index contributed by atoms with van der Waals surface area (Å²) in [6.45, 7) is 2.19. The van der Waals surface area contributed by atoms with Crippen molar-refractivity contribution in [3.63, 3.8) is 0 Å². The topological polar surface area (TPSA) is 9.23 Å². The van der Waals surface area contributed by atoms with Crippen LogP contribution >= 0.6 is 0 Å². The SMILES string of the molecule is CCCCC=CC=COC. The zero-order valence-electron chi connectivity index (χ0n) is 6.84. The minimum atomic E-state index is 1.17. The smallest absolute Gasteiger partial charge is 0.0824 e. The van der Waals surface area contributed by atoms with Crippen LogP contribution in [0.1, 0.15) is 26.2 Å². The van der Waals surface area contributed by atoms with Crippen LogP contribution < -0.4 is 0 Å². The lowest BCUT2D eigenvalue weighted by Crippen LogP contribution is -1.66. The van der Waals surface area contributed by atoms with Gasteiger partial charge in [-0.3, -0.25) is 0 Å². The molecule has 0 aliphatic rings. The highest BCUT2D eigenvalue weighted by Gasteiger charge is 1.74. The second-order valence-electron chi connectivity index (χ2n) is 2.13. The fourth-order valence-electron chi connectivity index (χ4n) is 0.621. The summed E-state index contributed by atoms with van der Waals surface area (Å²) >= 11 is 0. The normalized spacial score (nSPS) is 11.4. The lowest BCUT2D eigenvalue weighted by atomic mass is 10.2. The van der Waals surface area contributed by atoms with E-state index in [-0.39, 0.29) is 0 Å². The van der Waals surface area contributed by atoms with Crippen LogP contribution in [0.4, 0.5) is 0 Å². The molecule has 0 saturated carbocycles. The van der Waals surface area contributed by atoms with Crippen molar-refractivity contribution in [2.75, 3.05) is 7.11 Å². The van der Waals surface area contributed by atoms with Crippen LogP contribution in [0.3, 0.4) is 0 Å². The lowest BCUT2D eigenvalue weighted by Gasteiger charge is -1.85. The van der Waals surface area contributed by atoms with Crippen LogP contribution in [0.15, 0.2) is 24.5 Å². The molecule has 0 aromatic heterocycles. The Morgan fingerprint density at radius 3 is 2.70 bits per heavy atom. The molecule has 0 rings (SSSR count). The Labute approximate surface area is 63.4 Å². The average molecular weight is 140 g/mol. The van der Waals surface area contributed by atoms with Gasteiger partial charge in [-0.05, 0) is 12.5 Å². The zero-order chi connectivity index (χ0) is 7.66. The van der Waals surface area contributed by atoms with Crippen molar-refractivity contribution in [3.8, 4) is 0 Å². The van der Waals surface area contributed by atoms with Gasteiger partial charge in [-0.1, -0.05) is 31.9 Å². The van der Waals surface area contributed by atoms with Crippen LogP contribution in [0.25, 0.3) is 0 Å². The van der Waals surface area contributed by atoms with Gasteiger partial charge in [0.25, 0.3) is 0 Å². The molecule has 0 radical (unpaired) electrons. The van der Waals surface area contributed by atoms with E-state index in [0.717, 1.165) is 0 Å². The number of methoxy groups -OCH3 is 1. The molecular weight excluding hydrogens is 124 g/mol. The van der Waals surface area contributed by atoms with Crippen molar-refractivity contribution in [2.45, 2.75) is 26.2 Å². The number of hydrogen-bond acceptors (Lipinski definition) is 1. The lowest BCUT2D eigenvalue weighted by molar-refractivity contribution is 0.338. The highest BCUT2D eigenvalue weighted by atomic mass is 16.5. The molecule has 0 aliphatic heterocycles. The van der Waals surface area contributed by atoms with Gasteiger partial charge in [0.15, 0.2) is 0 Å². The highest BCUT2D eigenvalue weighted by molar-refractivity contribution is 4.99. The predicted molar refractivity (Wildman–Crippen MR) is 44.8 cm³/mol. The Balaban J connectivity index is 3.11. The molecule has 1 nitrogen and oxygen atoms in total. The summed E-state index contributed by atoms with van der Waals surface area (Å²) in [7, 11) is 1.65. The van der Waals surface area contributed by atoms with Crippen molar-refractivity contribution in [1.82, 2.24) is 0 Å². The summed E-state index contributed by atoms with van der Waals surface area (Å²) in [5, 5.41) is 0. The van der Waals surface area contributed by atoms with Crippen LogP contribution in [0.2, 0.25) is 0 Å². The third-order valence-electron chi connectivity index (χ3n) is 1.19. The first kappa shape index (κ1) is 9.28. The second kappa shape index (κ2) is 8.28. The van der Waals surface area contributed by atoms with Gasteiger partial charge in [0, 0.05) is 0 Å². The number of allylic oxidation sites excluding steroid dienone is 3. The molecule has 0 heterocycles. The Morgan fingerprint density at radius 2 is 2.10 bits per heavy atom. The fraction of sp³-hybridized carbons (Fsp3) is 0.556. The minimum Gasteiger partial charge on any atom is -0.504 e. The van der Waals surface area contributed by atoms with Crippen molar-refractivity contribution in [1.29, 1.82) is 0 Å². The molecule has 0 N–H and O–H groups in total. The monoisotopic (exact) mass is 140 g/mol. The maximum Gasteiger partial charge on any atom is 0.0824 e. The van der Waals surface area contributed by atoms with Gasteiger partial charge < -0.3 is 4.74 Å². The van der Waals surface area contributed by atoms with E-state index in [1.165, 1.54) is 19.3 Å². The Kier molecular flexibility index (Phi) is 7.68. The molecule has 0 aromatic carbocycles. The predicted octanol–water partition coefficient (Wildman–Crippen LogP) is 2.89. The van der Waals surface area contributed by atoms with Crippen LogP contribution in [-0.4, -0.2) is 7.11 Å². The average Bonchev–Trinajstić information content (AvgIpc) is 1.97. The number of ether oxygens (including phenoxy) is 1. The van der Waals surface area contributed by atoms with Gasteiger partial charge in [0.2, 0.25) is 0 Å². The maximum atomic E-state index is 4.72. The van der Waals surface area contributed by atoms with E-state index in [4.69, 9.17) is 4.74 Å². The van der Waals surface area contributed by atoms with Gasteiger partial charge >= 0.3 is 0 Å². The van der Waals surface area contributed by atoms with Crippen molar-refractivity contribution in [3.05, 3.63) is 24.5 Å². The Morgan fingerprint density at radius 1 is 1.30 bits per heavy atom. The van der Waals surface area contributed by atoms with Crippen molar-refractivity contribution in [2.24, 2.45) is 0 Å². The van der Waals surface area contributed by atoms with Gasteiger partial charge in [0.05, 0.1) is 13.4 Å². The molecule has 0 amide bonds. The van der Waals surface area contributed by atoms with Crippen molar-refractivity contribution < 1.29 is 4.74 Å². The fourth-order valence-corrected chi connectivity index (χ4v) is 0.621. The quantitative estimate of drug-likeness (QED) is 0.324. The van der Waals surface area contributed by atoms with Crippen LogP contribution in [-0.2, 0) is 4.74 Å². The summed E-state index contributed by atoms with van der Waals surface area (Å²) in [4.78, 5) is 0. The van der Waals surface area contributed by atoms with E-state index in [1.54, 1.807) is 13.4 Å². The molecule has 0 bridgehead atoms. The summed E-state index contributed by atoms with van der Waals surface area (Å²) in [6.07, 6.45) is 11.4. The molecule has 0 aromatic rings. The van der Waals surface area contributed by atoms with Gasteiger partial charge in [-0.15, -0.1) is 0 Å². The Bertz CT molecular complexity index is 103. The van der Waals surface area contributed by atoms with E-state index >= 15 is 0 Å². The van der Waals surface area contributed by atoms with E-state index < -0.39 is 0 Å². The van der Waals surface area contributed by atoms with Crippen molar-refractivity contribution >= 4 is 0 Å². The van der Waals surface area contributed by atoms with E-state index in [0.29, 0.717) is 0 Å². The van der Waals surface area contributed by atoms with Gasteiger partial charge in [0.1, 0.15) is 0 Å². The first-order chi connectivity index (χ1) is 4.91. The number of unbranched alkanes of at least 4 members (excludes halogenated alkanes) is 2. The van der Waals surface area contributed by atoms with E-state index in [9.17, 15) is 0 Å². The zero-order valence-corrected chi connectivity index (χ0v) is 6.84. The van der Waals surface area contributed by atoms with Crippen LogP contribution in [0.5, 0.6) is 0 Å². The van der Waals surface area contributed by atoms with Crippen LogP contribution in [0, 0.1) is 0 Å². The van der Waals surface area contributed by atoms with E-state index in [1.807, 2.05) is 12.2 Å². The summed E-state index contributed by atoms with van der Waals surface area (Å²) in [6, 6.07) is 0. The maximum absolute atomic E-state index is 4.72.